The fourth-order valence-corrected chi connectivity index (χ4v) is 3.46. The van der Waals surface area contributed by atoms with Crippen molar-refractivity contribution >= 4 is 11.6 Å². The molecular formula is C22H23FN4O2. The molecule has 1 aliphatic rings. The number of hydrogen-bond donors (Lipinski definition) is 1. The second-order valence-corrected chi connectivity index (χ2v) is 7.00. The minimum absolute atomic E-state index is 0.0842. The molecule has 0 saturated carbocycles. The largest absolute Gasteiger partial charge is 0.444 e. The van der Waals surface area contributed by atoms with Crippen LogP contribution in [0.15, 0.2) is 65.5 Å². The standard InChI is InChI=1S/C22H23FN4O2/c23-19-5-7-20(8-6-19)27-13-11-26(12-14-27)10-9-25-22(28)18-3-1-17(2-4-18)21-15-24-16-29-21/h1-8,15-16H,9-14H2,(H,25,28). The van der Waals surface area contributed by atoms with Crippen molar-refractivity contribution in [2.45, 2.75) is 0 Å². The molecule has 0 radical (unpaired) electrons. The van der Waals surface area contributed by atoms with Crippen LogP contribution in [0.3, 0.4) is 0 Å². The summed E-state index contributed by atoms with van der Waals surface area (Å²) in [4.78, 5) is 20.8. The van der Waals surface area contributed by atoms with Gasteiger partial charge in [-0.2, -0.15) is 0 Å². The van der Waals surface area contributed by atoms with Crippen LogP contribution in [-0.4, -0.2) is 55.1 Å². The van der Waals surface area contributed by atoms with Crippen molar-refractivity contribution in [2.24, 2.45) is 0 Å². The molecule has 1 aliphatic heterocycles. The van der Waals surface area contributed by atoms with E-state index in [-0.39, 0.29) is 11.7 Å². The first-order chi connectivity index (χ1) is 14.2. The SMILES string of the molecule is O=C(NCCN1CCN(c2ccc(F)cc2)CC1)c1ccc(-c2cnco2)cc1. The zero-order valence-corrected chi connectivity index (χ0v) is 16.1. The first-order valence-electron chi connectivity index (χ1n) is 9.69. The minimum Gasteiger partial charge on any atom is -0.444 e. The maximum atomic E-state index is 13.1. The number of rotatable bonds is 6. The molecule has 7 heteroatoms. The summed E-state index contributed by atoms with van der Waals surface area (Å²) in [7, 11) is 0. The van der Waals surface area contributed by atoms with Crippen LogP contribution in [0, 0.1) is 5.82 Å². The Morgan fingerprint density at radius 3 is 2.41 bits per heavy atom. The number of anilines is 1. The average molecular weight is 394 g/mol. The van der Waals surface area contributed by atoms with Gasteiger partial charge in [-0.3, -0.25) is 9.69 Å². The second kappa shape index (κ2) is 8.87. The third kappa shape index (κ3) is 4.81. The van der Waals surface area contributed by atoms with E-state index in [1.54, 1.807) is 18.3 Å². The fourth-order valence-electron chi connectivity index (χ4n) is 3.46. The Kier molecular flexibility index (Phi) is 5.86. The highest BCUT2D eigenvalue weighted by Gasteiger charge is 2.17. The number of aromatic nitrogens is 1. The number of carbonyl (C=O) groups excluding carboxylic acids is 1. The lowest BCUT2D eigenvalue weighted by atomic mass is 10.1. The van der Waals surface area contributed by atoms with E-state index in [9.17, 15) is 9.18 Å². The summed E-state index contributed by atoms with van der Waals surface area (Å²) in [5.74, 6) is 0.381. The highest BCUT2D eigenvalue weighted by Crippen LogP contribution is 2.19. The topological polar surface area (TPSA) is 61.6 Å². The van der Waals surface area contributed by atoms with Gasteiger partial charge in [0.25, 0.3) is 5.91 Å². The molecule has 3 aromatic rings. The smallest absolute Gasteiger partial charge is 0.251 e. The fraction of sp³-hybridized carbons (Fsp3) is 0.273. The maximum absolute atomic E-state index is 13.1. The second-order valence-electron chi connectivity index (χ2n) is 7.00. The van der Waals surface area contributed by atoms with Gasteiger partial charge in [0.1, 0.15) is 5.82 Å². The third-order valence-electron chi connectivity index (χ3n) is 5.14. The van der Waals surface area contributed by atoms with E-state index in [0.717, 1.165) is 44.0 Å². The summed E-state index contributed by atoms with van der Waals surface area (Å²) in [6.07, 6.45) is 3.03. The molecule has 1 fully saturated rings. The first kappa shape index (κ1) is 19.1. The number of amides is 1. The zero-order chi connectivity index (χ0) is 20.1. The zero-order valence-electron chi connectivity index (χ0n) is 16.1. The summed E-state index contributed by atoms with van der Waals surface area (Å²) < 4.78 is 18.3. The van der Waals surface area contributed by atoms with Crippen molar-refractivity contribution in [1.29, 1.82) is 0 Å². The van der Waals surface area contributed by atoms with E-state index in [2.05, 4.69) is 20.1 Å². The van der Waals surface area contributed by atoms with Crippen LogP contribution in [0.2, 0.25) is 0 Å². The minimum atomic E-state index is -0.212. The molecule has 2 heterocycles. The molecule has 1 saturated heterocycles. The number of nitrogens with zero attached hydrogens (tertiary/aromatic N) is 3. The first-order valence-corrected chi connectivity index (χ1v) is 9.69. The molecule has 1 amide bonds. The van der Waals surface area contributed by atoms with Crippen LogP contribution in [0.1, 0.15) is 10.4 Å². The Morgan fingerprint density at radius 2 is 1.76 bits per heavy atom. The van der Waals surface area contributed by atoms with E-state index in [4.69, 9.17) is 4.42 Å². The van der Waals surface area contributed by atoms with Crippen LogP contribution in [0.5, 0.6) is 0 Å². The van der Waals surface area contributed by atoms with E-state index >= 15 is 0 Å². The molecule has 6 nitrogen and oxygen atoms in total. The van der Waals surface area contributed by atoms with E-state index in [1.807, 2.05) is 24.3 Å². The summed E-state index contributed by atoms with van der Waals surface area (Å²) in [5, 5.41) is 2.98. The summed E-state index contributed by atoms with van der Waals surface area (Å²) in [5.41, 5.74) is 2.56. The summed E-state index contributed by atoms with van der Waals surface area (Å²) in [6.45, 7) is 5.02. The van der Waals surface area contributed by atoms with Gasteiger partial charge in [0, 0.05) is 56.1 Å². The predicted molar refractivity (Wildman–Crippen MR) is 109 cm³/mol. The van der Waals surface area contributed by atoms with Crippen LogP contribution < -0.4 is 10.2 Å². The summed E-state index contributed by atoms with van der Waals surface area (Å²) in [6, 6.07) is 13.9. The normalized spacial score (nSPS) is 14.7. The molecule has 0 bridgehead atoms. The number of halogens is 1. The number of benzene rings is 2. The lowest BCUT2D eigenvalue weighted by molar-refractivity contribution is 0.0948. The highest BCUT2D eigenvalue weighted by molar-refractivity contribution is 5.94. The van der Waals surface area contributed by atoms with Gasteiger partial charge in [-0.15, -0.1) is 0 Å². The predicted octanol–water partition coefficient (Wildman–Crippen LogP) is 3.03. The van der Waals surface area contributed by atoms with Crippen LogP contribution in [-0.2, 0) is 0 Å². The Bertz CT molecular complexity index is 918. The number of oxazole rings is 1. The van der Waals surface area contributed by atoms with E-state index in [0.29, 0.717) is 17.9 Å². The number of carbonyl (C=O) groups is 1. The van der Waals surface area contributed by atoms with Crippen molar-refractivity contribution in [1.82, 2.24) is 15.2 Å². The lowest BCUT2D eigenvalue weighted by Gasteiger charge is -2.36. The molecule has 1 aromatic heterocycles. The van der Waals surface area contributed by atoms with Gasteiger partial charge < -0.3 is 14.6 Å². The summed E-state index contributed by atoms with van der Waals surface area (Å²) >= 11 is 0. The van der Waals surface area contributed by atoms with Gasteiger partial charge in [-0.25, -0.2) is 9.37 Å². The van der Waals surface area contributed by atoms with Crippen molar-refractivity contribution in [3.8, 4) is 11.3 Å². The molecule has 29 heavy (non-hydrogen) atoms. The van der Waals surface area contributed by atoms with Crippen LogP contribution in [0.4, 0.5) is 10.1 Å². The molecule has 2 aromatic carbocycles. The van der Waals surface area contributed by atoms with Gasteiger partial charge in [0.15, 0.2) is 12.2 Å². The maximum Gasteiger partial charge on any atom is 0.251 e. The molecule has 0 spiro atoms. The quantitative estimate of drug-likeness (QED) is 0.696. The van der Waals surface area contributed by atoms with E-state index < -0.39 is 0 Å². The van der Waals surface area contributed by atoms with Gasteiger partial charge in [0.2, 0.25) is 0 Å². The van der Waals surface area contributed by atoms with Crippen molar-refractivity contribution in [3.05, 3.63) is 72.5 Å². The van der Waals surface area contributed by atoms with Gasteiger partial charge >= 0.3 is 0 Å². The van der Waals surface area contributed by atoms with Gasteiger partial charge in [0.05, 0.1) is 6.20 Å². The lowest BCUT2D eigenvalue weighted by Crippen LogP contribution is -2.48. The van der Waals surface area contributed by atoms with Crippen molar-refractivity contribution < 1.29 is 13.6 Å². The molecule has 0 atom stereocenters. The number of piperazine rings is 1. The molecule has 0 aliphatic carbocycles. The van der Waals surface area contributed by atoms with E-state index in [1.165, 1.54) is 18.5 Å². The Morgan fingerprint density at radius 1 is 1.03 bits per heavy atom. The Labute approximate surface area is 169 Å². The Balaban J connectivity index is 1.20. The van der Waals surface area contributed by atoms with Crippen molar-refractivity contribution in [2.75, 3.05) is 44.2 Å². The monoisotopic (exact) mass is 394 g/mol. The third-order valence-corrected chi connectivity index (χ3v) is 5.14. The molecule has 1 N–H and O–H groups in total. The molecule has 150 valence electrons. The van der Waals surface area contributed by atoms with Gasteiger partial charge in [-0.1, -0.05) is 12.1 Å². The molecule has 4 rings (SSSR count). The van der Waals surface area contributed by atoms with Gasteiger partial charge in [-0.05, 0) is 36.4 Å². The molecular weight excluding hydrogens is 371 g/mol. The highest BCUT2D eigenvalue weighted by atomic mass is 19.1. The number of hydrogen-bond acceptors (Lipinski definition) is 5. The average Bonchev–Trinajstić information content (AvgIpc) is 3.30. The molecule has 0 unspecified atom stereocenters. The van der Waals surface area contributed by atoms with Crippen LogP contribution in [0.25, 0.3) is 11.3 Å². The Hall–Kier alpha value is -3.19. The number of nitrogens with one attached hydrogen (secondary N) is 1. The van der Waals surface area contributed by atoms with Crippen LogP contribution >= 0.6 is 0 Å². The van der Waals surface area contributed by atoms with Crippen molar-refractivity contribution in [3.63, 3.8) is 0 Å².